The lowest BCUT2D eigenvalue weighted by molar-refractivity contribution is -0.389. The van der Waals surface area contributed by atoms with Gasteiger partial charge in [0.25, 0.3) is 0 Å². The van der Waals surface area contributed by atoms with Gasteiger partial charge in [-0.05, 0) is 27.6 Å². The van der Waals surface area contributed by atoms with Crippen LogP contribution >= 0.6 is 0 Å². The van der Waals surface area contributed by atoms with Gasteiger partial charge in [-0.25, -0.2) is 0 Å². The fourth-order valence-electron chi connectivity index (χ4n) is 1.93. The Morgan fingerprint density at radius 3 is 2.91 bits per heavy atom. The minimum absolute atomic E-state index is 0.0172. The molecule has 0 atom stereocenters. The smallest absolute Gasteiger partial charge is 0.381 e. The summed E-state index contributed by atoms with van der Waals surface area (Å²) in [6.07, 6.45) is 1.25. The first kappa shape index (κ1) is 15.5. The Labute approximate surface area is 126 Å². The quantitative estimate of drug-likeness (QED) is 0.642. The molecule has 8 heteroatoms. The van der Waals surface area contributed by atoms with Gasteiger partial charge in [0.1, 0.15) is 18.5 Å². The molecule has 1 heterocycles. The lowest BCUT2D eigenvalue weighted by atomic mass is 10.2. The molecule has 1 N–H and O–H groups in total. The average molecular weight is 304 g/mol. The molecule has 2 aromatic rings. The number of carbonyl (C=O) groups is 1. The van der Waals surface area contributed by atoms with Crippen molar-refractivity contribution in [2.75, 3.05) is 7.11 Å². The molecule has 0 aliphatic heterocycles. The van der Waals surface area contributed by atoms with Gasteiger partial charge in [-0.3, -0.25) is 9.36 Å². The van der Waals surface area contributed by atoms with E-state index in [1.807, 2.05) is 24.3 Å². The van der Waals surface area contributed by atoms with Crippen LogP contribution in [0.2, 0.25) is 0 Å². The molecule has 1 aromatic carbocycles. The first-order valence-corrected chi connectivity index (χ1v) is 6.57. The molecule has 2 rings (SSSR count). The van der Waals surface area contributed by atoms with E-state index in [0.29, 0.717) is 18.1 Å². The topological polar surface area (TPSA) is 99.3 Å². The number of nitrogens with one attached hydrogen (secondary N) is 1. The Kier molecular flexibility index (Phi) is 4.72. The summed E-state index contributed by atoms with van der Waals surface area (Å²) in [5, 5.41) is 13.4. The number of benzene rings is 1. The van der Waals surface area contributed by atoms with E-state index in [9.17, 15) is 14.9 Å². The molecule has 0 spiro atoms. The van der Waals surface area contributed by atoms with Crippen molar-refractivity contribution in [3.8, 4) is 5.75 Å². The zero-order valence-electron chi connectivity index (χ0n) is 12.3. The molecule has 0 saturated heterocycles. The molecule has 0 fully saturated rings. The summed E-state index contributed by atoms with van der Waals surface area (Å²) in [6.45, 7) is 1.95. The molecule has 1 aromatic heterocycles. The van der Waals surface area contributed by atoms with Gasteiger partial charge >= 0.3 is 5.82 Å². The lowest BCUT2D eigenvalue weighted by Crippen LogP contribution is -2.27. The van der Waals surface area contributed by atoms with Crippen LogP contribution in [0.5, 0.6) is 5.75 Å². The molecule has 0 saturated carbocycles. The minimum atomic E-state index is -0.586. The van der Waals surface area contributed by atoms with Crippen LogP contribution in [-0.4, -0.2) is 27.5 Å². The van der Waals surface area contributed by atoms with E-state index in [-0.39, 0.29) is 18.3 Å². The van der Waals surface area contributed by atoms with Crippen molar-refractivity contribution in [3.63, 3.8) is 0 Å². The summed E-state index contributed by atoms with van der Waals surface area (Å²) < 4.78 is 6.55. The summed E-state index contributed by atoms with van der Waals surface area (Å²) in [5.41, 5.74) is 0.904. The highest BCUT2D eigenvalue weighted by atomic mass is 16.6. The van der Waals surface area contributed by atoms with Crippen molar-refractivity contribution < 1.29 is 14.5 Å². The maximum absolute atomic E-state index is 11.9. The molecule has 8 nitrogen and oxygen atoms in total. The molecular weight excluding hydrogens is 288 g/mol. The van der Waals surface area contributed by atoms with Gasteiger partial charge in [0.15, 0.2) is 0 Å². The predicted molar refractivity (Wildman–Crippen MR) is 78.5 cm³/mol. The van der Waals surface area contributed by atoms with Crippen LogP contribution in [0.25, 0.3) is 0 Å². The standard InChI is InChI=1S/C14H16N4O4/c1-10-16-13(18(20)21)8-17(10)9-14(19)15-7-11-4-3-5-12(6-11)22-2/h3-6,8H,7,9H2,1-2H3,(H,15,19). The van der Waals surface area contributed by atoms with Crippen molar-refractivity contribution >= 4 is 11.7 Å². The van der Waals surface area contributed by atoms with Crippen LogP contribution in [0, 0.1) is 17.0 Å². The minimum Gasteiger partial charge on any atom is -0.497 e. The molecule has 0 aliphatic carbocycles. The summed E-state index contributed by atoms with van der Waals surface area (Å²) in [7, 11) is 1.58. The number of aryl methyl sites for hydroxylation is 1. The number of aromatic nitrogens is 2. The van der Waals surface area contributed by atoms with Crippen molar-refractivity contribution in [1.82, 2.24) is 14.9 Å². The van der Waals surface area contributed by atoms with Crippen LogP contribution in [0.3, 0.4) is 0 Å². The van der Waals surface area contributed by atoms with Crippen LogP contribution in [0.15, 0.2) is 30.5 Å². The molecular formula is C14H16N4O4. The number of nitro groups is 1. The SMILES string of the molecule is COc1cccc(CNC(=O)Cn2cc([N+](=O)[O-])nc2C)c1. The molecule has 0 unspecified atom stereocenters. The average Bonchev–Trinajstić information content (AvgIpc) is 2.87. The Morgan fingerprint density at radius 2 is 2.27 bits per heavy atom. The Hall–Kier alpha value is -2.90. The van der Waals surface area contributed by atoms with Crippen LogP contribution in [0.1, 0.15) is 11.4 Å². The first-order chi connectivity index (χ1) is 10.5. The van der Waals surface area contributed by atoms with Crippen LogP contribution in [0.4, 0.5) is 5.82 Å². The zero-order chi connectivity index (χ0) is 16.1. The third kappa shape index (κ3) is 3.81. The van der Waals surface area contributed by atoms with Gasteiger partial charge in [0.05, 0.1) is 7.11 Å². The molecule has 1 amide bonds. The summed E-state index contributed by atoms with van der Waals surface area (Å²) >= 11 is 0. The Balaban J connectivity index is 1.94. The lowest BCUT2D eigenvalue weighted by Gasteiger charge is -2.07. The maximum Gasteiger partial charge on any atom is 0.381 e. The largest absolute Gasteiger partial charge is 0.497 e. The third-order valence-electron chi connectivity index (χ3n) is 3.09. The maximum atomic E-state index is 11.9. The number of nitrogens with zero attached hydrogens (tertiary/aromatic N) is 3. The van der Waals surface area contributed by atoms with Gasteiger partial charge in [0.2, 0.25) is 11.7 Å². The number of hydrogen-bond acceptors (Lipinski definition) is 5. The van der Waals surface area contributed by atoms with Crippen molar-refractivity contribution in [2.24, 2.45) is 0 Å². The molecule has 22 heavy (non-hydrogen) atoms. The number of imidazole rings is 1. The Morgan fingerprint density at radius 1 is 1.50 bits per heavy atom. The fraction of sp³-hybridized carbons (Fsp3) is 0.286. The van der Waals surface area contributed by atoms with Crippen LogP contribution < -0.4 is 10.1 Å². The fourth-order valence-corrected chi connectivity index (χ4v) is 1.93. The number of methoxy groups -OCH3 is 1. The number of carbonyl (C=O) groups excluding carboxylic acids is 1. The van der Waals surface area contributed by atoms with Gasteiger partial charge in [-0.15, -0.1) is 0 Å². The number of hydrogen-bond donors (Lipinski definition) is 1. The second-order valence-corrected chi connectivity index (χ2v) is 4.66. The number of rotatable bonds is 6. The summed E-state index contributed by atoms with van der Waals surface area (Å²) in [4.78, 5) is 25.7. The van der Waals surface area contributed by atoms with E-state index >= 15 is 0 Å². The van der Waals surface area contributed by atoms with Gasteiger partial charge < -0.3 is 20.2 Å². The van der Waals surface area contributed by atoms with E-state index in [1.54, 1.807) is 14.0 Å². The van der Waals surface area contributed by atoms with Gasteiger partial charge in [-0.1, -0.05) is 12.1 Å². The number of ether oxygens (including phenoxy) is 1. The van der Waals surface area contributed by atoms with Crippen molar-refractivity contribution in [2.45, 2.75) is 20.0 Å². The van der Waals surface area contributed by atoms with Crippen molar-refractivity contribution in [1.29, 1.82) is 0 Å². The highest BCUT2D eigenvalue weighted by molar-refractivity contribution is 5.75. The summed E-state index contributed by atoms with van der Waals surface area (Å²) in [5.74, 6) is 0.618. The van der Waals surface area contributed by atoms with E-state index in [2.05, 4.69) is 10.3 Å². The van der Waals surface area contributed by atoms with Crippen molar-refractivity contribution in [3.05, 3.63) is 52.0 Å². The zero-order valence-corrected chi connectivity index (χ0v) is 12.3. The predicted octanol–water partition coefficient (Wildman–Crippen LogP) is 1.42. The number of amides is 1. The molecule has 0 bridgehead atoms. The highest BCUT2D eigenvalue weighted by Gasteiger charge is 2.16. The van der Waals surface area contributed by atoms with E-state index in [4.69, 9.17) is 4.74 Å². The molecule has 0 radical (unpaired) electrons. The van der Waals surface area contributed by atoms with Gasteiger partial charge in [-0.2, -0.15) is 0 Å². The highest BCUT2D eigenvalue weighted by Crippen LogP contribution is 2.12. The first-order valence-electron chi connectivity index (χ1n) is 6.57. The second kappa shape index (κ2) is 6.70. The van der Waals surface area contributed by atoms with E-state index in [0.717, 1.165) is 5.56 Å². The molecule has 116 valence electrons. The third-order valence-corrected chi connectivity index (χ3v) is 3.09. The monoisotopic (exact) mass is 304 g/mol. The van der Waals surface area contributed by atoms with E-state index in [1.165, 1.54) is 10.8 Å². The molecule has 0 aliphatic rings. The van der Waals surface area contributed by atoms with Gasteiger partial charge in [0, 0.05) is 13.5 Å². The van der Waals surface area contributed by atoms with Crippen LogP contribution in [-0.2, 0) is 17.9 Å². The Bertz CT molecular complexity index is 696. The van der Waals surface area contributed by atoms with E-state index < -0.39 is 4.92 Å². The second-order valence-electron chi connectivity index (χ2n) is 4.66. The summed E-state index contributed by atoms with van der Waals surface area (Å²) in [6, 6.07) is 7.35. The normalized spacial score (nSPS) is 10.3.